The van der Waals surface area contributed by atoms with Crippen LogP contribution in [0.15, 0.2) is 12.1 Å². The SMILES string of the molecule is Cc1cc(C)c(C(=O)NCCOC2CCCCC2)cc1N. The summed E-state index contributed by atoms with van der Waals surface area (Å²) in [6, 6.07) is 3.70. The summed E-state index contributed by atoms with van der Waals surface area (Å²) in [6.07, 6.45) is 6.54. The molecular weight excluding hydrogens is 264 g/mol. The van der Waals surface area contributed by atoms with Crippen molar-refractivity contribution < 1.29 is 9.53 Å². The molecule has 0 saturated heterocycles. The van der Waals surface area contributed by atoms with Crippen molar-refractivity contribution in [1.29, 1.82) is 0 Å². The zero-order valence-electron chi connectivity index (χ0n) is 13.1. The van der Waals surface area contributed by atoms with Crippen LogP contribution in [-0.2, 0) is 4.74 Å². The van der Waals surface area contributed by atoms with Gasteiger partial charge in [-0.25, -0.2) is 0 Å². The Balaban J connectivity index is 1.78. The largest absolute Gasteiger partial charge is 0.398 e. The highest BCUT2D eigenvalue weighted by Crippen LogP contribution is 2.20. The molecule has 0 atom stereocenters. The molecule has 1 aromatic carbocycles. The molecule has 1 saturated carbocycles. The maximum atomic E-state index is 12.2. The summed E-state index contributed by atoms with van der Waals surface area (Å²) in [5.74, 6) is -0.0774. The molecule has 1 aromatic rings. The highest BCUT2D eigenvalue weighted by molar-refractivity contribution is 5.96. The number of carbonyl (C=O) groups excluding carboxylic acids is 1. The molecule has 1 amide bonds. The number of nitrogens with two attached hydrogens (primary N) is 1. The maximum absolute atomic E-state index is 12.2. The number of carbonyl (C=O) groups is 1. The van der Waals surface area contributed by atoms with E-state index in [-0.39, 0.29) is 5.91 Å². The topological polar surface area (TPSA) is 64.3 Å². The third-order valence-electron chi connectivity index (χ3n) is 4.15. The van der Waals surface area contributed by atoms with Crippen LogP contribution in [0.4, 0.5) is 5.69 Å². The fourth-order valence-corrected chi connectivity index (χ4v) is 2.83. The Kier molecular flexibility index (Phi) is 5.62. The number of anilines is 1. The standard InChI is InChI=1S/C17H26N2O2/c1-12-10-13(2)16(18)11-15(12)17(20)19-8-9-21-14-6-4-3-5-7-14/h10-11,14H,3-9,18H2,1-2H3,(H,19,20). The van der Waals surface area contributed by atoms with Gasteiger partial charge >= 0.3 is 0 Å². The first kappa shape index (κ1) is 15.8. The van der Waals surface area contributed by atoms with Gasteiger partial charge in [0.25, 0.3) is 5.91 Å². The lowest BCUT2D eigenvalue weighted by atomic mass is 9.98. The lowest BCUT2D eigenvalue weighted by molar-refractivity contribution is 0.0299. The minimum absolute atomic E-state index is 0.0774. The molecule has 0 aromatic heterocycles. The van der Waals surface area contributed by atoms with Gasteiger partial charge in [-0.3, -0.25) is 4.79 Å². The summed E-state index contributed by atoms with van der Waals surface area (Å²) in [5, 5.41) is 2.91. The first-order valence-corrected chi connectivity index (χ1v) is 7.84. The van der Waals surface area contributed by atoms with E-state index in [9.17, 15) is 4.79 Å². The second kappa shape index (κ2) is 7.46. The van der Waals surface area contributed by atoms with Gasteiger partial charge in [0.2, 0.25) is 0 Å². The maximum Gasteiger partial charge on any atom is 0.251 e. The number of rotatable bonds is 5. The fraction of sp³-hybridized carbons (Fsp3) is 0.588. The molecular formula is C17H26N2O2. The van der Waals surface area contributed by atoms with Gasteiger partial charge in [-0.05, 0) is 43.9 Å². The lowest BCUT2D eigenvalue weighted by Gasteiger charge is -2.22. The van der Waals surface area contributed by atoms with Crippen molar-refractivity contribution in [2.75, 3.05) is 18.9 Å². The van der Waals surface area contributed by atoms with E-state index in [1.54, 1.807) is 6.07 Å². The molecule has 0 unspecified atom stereocenters. The lowest BCUT2D eigenvalue weighted by Crippen LogP contribution is -2.30. The minimum Gasteiger partial charge on any atom is -0.398 e. The van der Waals surface area contributed by atoms with Crippen LogP contribution in [0.2, 0.25) is 0 Å². The number of ether oxygens (including phenoxy) is 1. The Morgan fingerprint density at radius 3 is 2.67 bits per heavy atom. The average molecular weight is 290 g/mol. The second-order valence-electron chi connectivity index (χ2n) is 5.91. The van der Waals surface area contributed by atoms with E-state index in [1.165, 1.54) is 19.3 Å². The molecule has 1 aliphatic carbocycles. The van der Waals surface area contributed by atoms with Crippen molar-refractivity contribution in [3.8, 4) is 0 Å². The zero-order valence-corrected chi connectivity index (χ0v) is 13.1. The predicted molar refractivity (Wildman–Crippen MR) is 85.5 cm³/mol. The minimum atomic E-state index is -0.0774. The number of amides is 1. The van der Waals surface area contributed by atoms with Gasteiger partial charge in [-0.15, -0.1) is 0 Å². The Bertz CT molecular complexity index is 494. The van der Waals surface area contributed by atoms with Crippen LogP contribution in [0.5, 0.6) is 0 Å². The molecule has 0 heterocycles. The van der Waals surface area contributed by atoms with Gasteiger partial charge in [-0.1, -0.05) is 25.3 Å². The summed E-state index contributed by atoms with van der Waals surface area (Å²) in [7, 11) is 0. The van der Waals surface area contributed by atoms with Crippen LogP contribution >= 0.6 is 0 Å². The number of nitrogen functional groups attached to an aromatic ring is 1. The third kappa shape index (κ3) is 4.46. The highest BCUT2D eigenvalue weighted by Gasteiger charge is 2.14. The number of benzene rings is 1. The molecule has 0 spiro atoms. The van der Waals surface area contributed by atoms with E-state index < -0.39 is 0 Å². The monoisotopic (exact) mass is 290 g/mol. The van der Waals surface area contributed by atoms with E-state index in [0.29, 0.717) is 30.5 Å². The summed E-state index contributed by atoms with van der Waals surface area (Å²) >= 11 is 0. The number of hydrogen-bond donors (Lipinski definition) is 2. The van der Waals surface area contributed by atoms with Crippen LogP contribution in [0.1, 0.15) is 53.6 Å². The van der Waals surface area contributed by atoms with Crippen LogP contribution in [0, 0.1) is 13.8 Å². The van der Waals surface area contributed by atoms with Gasteiger partial charge < -0.3 is 15.8 Å². The highest BCUT2D eigenvalue weighted by atomic mass is 16.5. The first-order valence-electron chi connectivity index (χ1n) is 7.84. The molecule has 3 N–H and O–H groups in total. The molecule has 1 aliphatic rings. The van der Waals surface area contributed by atoms with Crippen LogP contribution in [0.25, 0.3) is 0 Å². The van der Waals surface area contributed by atoms with E-state index in [1.807, 2.05) is 19.9 Å². The van der Waals surface area contributed by atoms with Gasteiger partial charge in [0.15, 0.2) is 0 Å². The van der Waals surface area contributed by atoms with Gasteiger partial charge in [-0.2, -0.15) is 0 Å². The van der Waals surface area contributed by atoms with Crippen molar-refractivity contribution in [2.45, 2.75) is 52.1 Å². The van der Waals surface area contributed by atoms with E-state index in [2.05, 4.69) is 5.32 Å². The second-order valence-corrected chi connectivity index (χ2v) is 5.91. The Morgan fingerprint density at radius 1 is 1.24 bits per heavy atom. The molecule has 2 rings (SSSR count). The number of nitrogens with one attached hydrogen (secondary N) is 1. The zero-order chi connectivity index (χ0) is 15.2. The van der Waals surface area contributed by atoms with Gasteiger partial charge in [0.1, 0.15) is 0 Å². The molecule has 0 bridgehead atoms. The molecule has 21 heavy (non-hydrogen) atoms. The Hall–Kier alpha value is -1.55. The Morgan fingerprint density at radius 2 is 1.95 bits per heavy atom. The first-order chi connectivity index (χ1) is 10.1. The number of aryl methyl sites for hydroxylation is 2. The van der Waals surface area contributed by atoms with E-state index >= 15 is 0 Å². The summed E-state index contributed by atoms with van der Waals surface area (Å²) in [6.45, 7) is 5.00. The molecule has 4 heteroatoms. The van der Waals surface area contributed by atoms with E-state index in [4.69, 9.17) is 10.5 Å². The van der Waals surface area contributed by atoms with Crippen molar-refractivity contribution in [3.05, 3.63) is 28.8 Å². The summed E-state index contributed by atoms with van der Waals surface area (Å²) in [5.41, 5.74) is 9.14. The van der Waals surface area contributed by atoms with Gasteiger partial charge in [0, 0.05) is 17.8 Å². The smallest absolute Gasteiger partial charge is 0.251 e. The van der Waals surface area contributed by atoms with Crippen molar-refractivity contribution in [1.82, 2.24) is 5.32 Å². The molecule has 0 radical (unpaired) electrons. The van der Waals surface area contributed by atoms with Crippen molar-refractivity contribution in [2.24, 2.45) is 0 Å². The average Bonchev–Trinajstić information content (AvgIpc) is 2.48. The van der Waals surface area contributed by atoms with Crippen LogP contribution in [-0.4, -0.2) is 25.2 Å². The van der Waals surface area contributed by atoms with Crippen LogP contribution < -0.4 is 11.1 Å². The summed E-state index contributed by atoms with van der Waals surface area (Å²) in [4.78, 5) is 12.2. The van der Waals surface area contributed by atoms with Gasteiger partial charge in [0.05, 0.1) is 12.7 Å². The predicted octanol–water partition coefficient (Wildman–Crippen LogP) is 2.96. The quantitative estimate of drug-likeness (QED) is 0.647. The van der Waals surface area contributed by atoms with E-state index in [0.717, 1.165) is 24.0 Å². The third-order valence-corrected chi connectivity index (χ3v) is 4.15. The van der Waals surface area contributed by atoms with Crippen molar-refractivity contribution in [3.63, 3.8) is 0 Å². The van der Waals surface area contributed by atoms with Crippen molar-refractivity contribution >= 4 is 11.6 Å². The molecule has 116 valence electrons. The normalized spacial score (nSPS) is 15.9. The molecule has 4 nitrogen and oxygen atoms in total. The molecule has 1 fully saturated rings. The molecule has 0 aliphatic heterocycles. The fourth-order valence-electron chi connectivity index (χ4n) is 2.83. The Labute approximate surface area is 127 Å². The summed E-state index contributed by atoms with van der Waals surface area (Å²) < 4.78 is 5.80. The number of hydrogen-bond acceptors (Lipinski definition) is 3. The van der Waals surface area contributed by atoms with Crippen LogP contribution in [0.3, 0.4) is 0 Å².